The maximum Gasteiger partial charge on any atom is 0.108 e. The summed E-state index contributed by atoms with van der Waals surface area (Å²) in [5, 5.41) is 19.4. The standard InChI is InChI=1S/C5H8N2O/c6-3-5(1-2-5)7-4-8/h7-8H,1-2,4H2. The van der Waals surface area contributed by atoms with E-state index < -0.39 is 0 Å². The highest BCUT2D eigenvalue weighted by atomic mass is 16.3. The Morgan fingerprint density at radius 1 is 1.75 bits per heavy atom. The van der Waals surface area contributed by atoms with E-state index in [9.17, 15) is 0 Å². The highest BCUT2D eigenvalue weighted by Crippen LogP contribution is 2.33. The second kappa shape index (κ2) is 1.73. The van der Waals surface area contributed by atoms with Crippen molar-refractivity contribution in [2.45, 2.75) is 18.4 Å². The van der Waals surface area contributed by atoms with E-state index >= 15 is 0 Å². The number of nitriles is 1. The molecule has 0 aliphatic heterocycles. The molecule has 44 valence electrons. The van der Waals surface area contributed by atoms with Gasteiger partial charge in [0.05, 0.1) is 12.8 Å². The van der Waals surface area contributed by atoms with E-state index in [1.807, 2.05) is 0 Å². The molecular weight excluding hydrogens is 104 g/mol. The molecule has 3 heteroatoms. The number of rotatable bonds is 2. The van der Waals surface area contributed by atoms with Gasteiger partial charge in [-0.25, -0.2) is 0 Å². The second-order valence-electron chi connectivity index (χ2n) is 2.03. The van der Waals surface area contributed by atoms with Gasteiger partial charge in [0.15, 0.2) is 0 Å². The van der Waals surface area contributed by atoms with Crippen LogP contribution in [0.3, 0.4) is 0 Å². The SMILES string of the molecule is N#CC1(NCO)CC1. The normalized spacial score (nSPS) is 22.0. The van der Waals surface area contributed by atoms with Gasteiger partial charge in [0.2, 0.25) is 0 Å². The van der Waals surface area contributed by atoms with Crippen molar-refractivity contribution >= 4 is 0 Å². The first-order chi connectivity index (χ1) is 3.83. The lowest BCUT2D eigenvalue weighted by atomic mass is 10.3. The zero-order valence-electron chi connectivity index (χ0n) is 4.52. The summed E-state index contributed by atoms with van der Waals surface area (Å²) >= 11 is 0. The van der Waals surface area contributed by atoms with Gasteiger partial charge in [-0.15, -0.1) is 0 Å². The minimum Gasteiger partial charge on any atom is -0.381 e. The zero-order valence-corrected chi connectivity index (χ0v) is 4.52. The van der Waals surface area contributed by atoms with Crippen LogP contribution in [0.1, 0.15) is 12.8 Å². The first-order valence-electron chi connectivity index (χ1n) is 2.60. The molecule has 0 radical (unpaired) electrons. The van der Waals surface area contributed by atoms with Crippen molar-refractivity contribution in [2.75, 3.05) is 6.73 Å². The summed E-state index contributed by atoms with van der Waals surface area (Å²) in [7, 11) is 0. The molecule has 0 spiro atoms. The van der Waals surface area contributed by atoms with Crippen LogP contribution in [0.15, 0.2) is 0 Å². The fraction of sp³-hybridized carbons (Fsp3) is 0.800. The molecule has 0 bridgehead atoms. The molecule has 8 heavy (non-hydrogen) atoms. The molecule has 3 nitrogen and oxygen atoms in total. The van der Waals surface area contributed by atoms with E-state index in [2.05, 4.69) is 11.4 Å². The molecule has 1 fully saturated rings. The van der Waals surface area contributed by atoms with Gasteiger partial charge < -0.3 is 5.11 Å². The predicted molar refractivity (Wildman–Crippen MR) is 27.8 cm³/mol. The highest BCUT2D eigenvalue weighted by Gasteiger charge is 2.42. The van der Waals surface area contributed by atoms with Gasteiger partial charge >= 0.3 is 0 Å². The molecule has 0 aromatic heterocycles. The van der Waals surface area contributed by atoms with E-state index in [0.717, 1.165) is 12.8 Å². The van der Waals surface area contributed by atoms with Crippen molar-refractivity contribution in [1.29, 1.82) is 5.26 Å². The Hall–Kier alpha value is -0.590. The average Bonchev–Trinajstić information content (AvgIpc) is 2.50. The van der Waals surface area contributed by atoms with E-state index in [4.69, 9.17) is 10.4 Å². The highest BCUT2D eigenvalue weighted by molar-refractivity contribution is 5.17. The van der Waals surface area contributed by atoms with Gasteiger partial charge in [-0.05, 0) is 12.8 Å². The predicted octanol–water partition coefficient (Wildman–Crippen LogP) is -0.418. The van der Waals surface area contributed by atoms with Crippen molar-refractivity contribution in [3.8, 4) is 6.07 Å². The van der Waals surface area contributed by atoms with E-state index in [1.54, 1.807) is 0 Å². The molecule has 0 unspecified atom stereocenters. The Balaban J connectivity index is 2.33. The molecule has 0 aromatic rings. The molecule has 1 aliphatic rings. The molecule has 0 amide bonds. The summed E-state index contributed by atoms with van der Waals surface area (Å²) < 4.78 is 0. The summed E-state index contributed by atoms with van der Waals surface area (Å²) in [6.45, 7) is -0.0897. The monoisotopic (exact) mass is 112 g/mol. The summed E-state index contributed by atoms with van der Waals surface area (Å²) in [4.78, 5) is 0. The quantitative estimate of drug-likeness (QED) is 0.477. The van der Waals surface area contributed by atoms with Crippen LogP contribution in [0.4, 0.5) is 0 Å². The molecule has 1 aliphatic carbocycles. The van der Waals surface area contributed by atoms with Gasteiger partial charge in [-0.2, -0.15) is 5.26 Å². The fourth-order valence-electron chi connectivity index (χ4n) is 0.604. The summed E-state index contributed by atoms with van der Waals surface area (Å²) in [6.07, 6.45) is 1.76. The lowest BCUT2D eigenvalue weighted by Gasteiger charge is -2.01. The molecule has 0 atom stereocenters. The van der Waals surface area contributed by atoms with Crippen molar-refractivity contribution in [1.82, 2.24) is 5.32 Å². The topological polar surface area (TPSA) is 56.0 Å². The molecular formula is C5H8N2O. The summed E-state index contributed by atoms with van der Waals surface area (Å²) in [5.41, 5.74) is -0.352. The third-order valence-electron chi connectivity index (χ3n) is 1.38. The maximum atomic E-state index is 8.36. The molecule has 0 saturated heterocycles. The van der Waals surface area contributed by atoms with Crippen LogP contribution in [0.2, 0.25) is 0 Å². The molecule has 1 saturated carbocycles. The van der Waals surface area contributed by atoms with E-state index in [-0.39, 0.29) is 12.3 Å². The van der Waals surface area contributed by atoms with Crippen LogP contribution in [0.25, 0.3) is 0 Å². The number of hydrogen-bond donors (Lipinski definition) is 2. The van der Waals surface area contributed by atoms with Gasteiger partial charge in [0, 0.05) is 0 Å². The van der Waals surface area contributed by atoms with Crippen molar-refractivity contribution in [3.63, 3.8) is 0 Å². The Labute approximate surface area is 47.9 Å². The van der Waals surface area contributed by atoms with E-state index in [1.165, 1.54) is 0 Å². The molecule has 0 heterocycles. The Morgan fingerprint density at radius 3 is 2.50 bits per heavy atom. The van der Waals surface area contributed by atoms with Crippen LogP contribution in [-0.2, 0) is 0 Å². The number of aliphatic hydroxyl groups is 1. The summed E-state index contributed by atoms with van der Waals surface area (Å²) in [5.74, 6) is 0. The van der Waals surface area contributed by atoms with E-state index in [0.29, 0.717) is 0 Å². The smallest absolute Gasteiger partial charge is 0.108 e. The molecule has 2 N–H and O–H groups in total. The third kappa shape index (κ3) is 0.808. The van der Waals surface area contributed by atoms with Crippen molar-refractivity contribution in [3.05, 3.63) is 0 Å². The zero-order chi connectivity index (χ0) is 6.04. The minimum absolute atomic E-state index is 0.0897. The maximum absolute atomic E-state index is 8.36. The van der Waals surface area contributed by atoms with Crippen LogP contribution in [0, 0.1) is 11.3 Å². The van der Waals surface area contributed by atoms with Crippen LogP contribution >= 0.6 is 0 Å². The van der Waals surface area contributed by atoms with Gasteiger partial charge in [-0.1, -0.05) is 0 Å². The first-order valence-corrected chi connectivity index (χ1v) is 2.60. The lowest BCUT2D eigenvalue weighted by Crippen LogP contribution is -2.29. The number of nitrogens with zero attached hydrogens (tertiary/aromatic N) is 1. The second-order valence-corrected chi connectivity index (χ2v) is 2.03. The molecule has 0 aromatic carbocycles. The van der Waals surface area contributed by atoms with Crippen LogP contribution in [0.5, 0.6) is 0 Å². The van der Waals surface area contributed by atoms with Gasteiger partial charge in [-0.3, -0.25) is 5.32 Å². The molecule has 1 rings (SSSR count). The van der Waals surface area contributed by atoms with Gasteiger partial charge in [0.1, 0.15) is 5.54 Å². The number of aliphatic hydroxyl groups excluding tert-OH is 1. The first kappa shape index (κ1) is 5.54. The van der Waals surface area contributed by atoms with Gasteiger partial charge in [0.25, 0.3) is 0 Å². The third-order valence-corrected chi connectivity index (χ3v) is 1.38. The van der Waals surface area contributed by atoms with Crippen molar-refractivity contribution < 1.29 is 5.11 Å². The Morgan fingerprint density at radius 2 is 2.38 bits per heavy atom. The van der Waals surface area contributed by atoms with Crippen molar-refractivity contribution in [2.24, 2.45) is 0 Å². The minimum atomic E-state index is -0.352. The Kier molecular flexibility index (Phi) is 1.20. The van der Waals surface area contributed by atoms with Crippen LogP contribution in [-0.4, -0.2) is 17.4 Å². The lowest BCUT2D eigenvalue weighted by molar-refractivity contribution is 0.247. The number of nitrogens with one attached hydrogen (secondary N) is 1. The number of hydrogen-bond acceptors (Lipinski definition) is 3. The summed E-state index contributed by atoms with van der Waals surface area (Å²) in [6, 6.07) is 2.08. The largest absolute Gasteiger partial charge is 0.381 e. The van der Waals surface area contributed by atoms with Crippen LogP contribution < -0.4 is 5.32 Å². The Bertz CT molecular complexity index is 123. The fourth-order valence-corrected chi connectivity index (χ4v) is 0.604. The average molecular weight is 112 g/mol.